The first-order valence-corrected chi connectivity index (χ1v) is 13.4. The van der Waals surface area contributed by atoms with Crippen molar-refractivity contribution in [3.8, 4) is 22.8 Å². The van der Waals surface area contributed by atoms with Crippen LogP contribution in [-0.2, 0) is 24.0 Å². The smallest absolute Gasteiger partial charge is 0.417 e. The van der Waals surface area contributed by atoms with E-state index in [2.05, 4.69) is 4.98 Å². The molecular weight excluding hydrogens is 564 g/mol. The second kappa shape index (κ2) is 10.9. The Bertz CT molecular complexity index is 1510. The SMILES string of the molecule is CC(=O)[C@H]1[C@@H]2Cc3cc(OCc4cc(-c5ccc(OCCC(C)(C)O)cc5C(F)F)c(C(F)(F)F)cc4F)ncc3[C@@H]21. The van der Waals surface area contributed by atoms with Crippen LogP contribution in [0.4, 0.5) is 26.3 Å². The van der Waals surface area contributed by atoms with Crippen molar-refractivity contribution in [1.82, 2.24) is 4.98 Å². The number of rotatable bonds is 10. The number of halogens is 6. The van der Waals surface area contributed by atoms with Crippen LogP contribution < -0.4 is 9.47 Å². The minimum Gasteiger partial charge on any atom is -0.493 e. The zero-order valence-electron chi connectivity index (χ0n) is 23.1. The molecule has 1 N–H and O–H groups in total. The Kier molecular flexibility index (Phi) is 7.76. The summed E-state index contributed by atoms with van der Waals surface area (Å²) in [4.78, 5) is 16.0. The van der Waals surface area contributed by atoms with E-state index in [9.17, 15) is 36.2 Å². The lowest BCUT2D eigenvalue weighted by Gasteiger charge is -2.20. The molecule has 0 unspecified atom stereocenters. The summed E-state index contributed by atoms with van der Waals surface area (Å²) < 4.78 is 96.0. The number of fused-ring (bicyclic) bond motifs is 3. The van der Waals surface area contributed by atoms with Gasteiger partial charge in [-0.3, -0.25) is 4.79 Å². The van der Waals surface area contributed by atoms with E-state index in [0.29, 0.717) is 6.42 Å². The van der Waals surface area contributed by atoms with Gasteiger partial charge < -0.3 is 14.6 Å². The van der Waals surface area contributed by atoms with Crippen LogP contribution in [0, 0.1) is 17.7 Å². The maximum Gasteiger partial charge on any atom is 0.417 e. The Labute approximate surface area is 238 Å². The van der Waals surface area contributed by atoms with Crippen LogP contribution in [0.15, 0.2) is 42.6 Å². The molecule has 0 radical (unpaired) electrons. The van der Waals surface area contributed by atoms with Crippen LogP contribution in [-0.4, -0.2) is 28.1 Å². The highest BCUT2D eigenvalue weighted by Crippen LogP contribution is 2.61. The molecule has 0 bridgehead atoms. The average molecular weight is 594 g/mol. The van der Waals surface area contributed by atoms with Crippen molar-refractivity contribution in [2.24, 2.45) is 11.8 Å². The Morgan fingerprint density at radius 3 is 2.48 bits per heavy atom. The van der Waals surface area contributed by atoms with Gasteiger partial charge in [0.2, 0.25) is 5.88 Å². The molecule has 3 aromatic rings. The minimum absolute atomic E-state index is 0.00261. The number of aliphatic hydroxyl groups is 1. The van der Waals surface area contributed by atoms with E-state index < -0.39 is 52.9 Å². The molecule has 2 aliphatic carbocycles. The van der Waals surface area contributed by atoms with Crippen LogP contribution in [0.2, 0.25) is 0 Å². The van der Waals surface area contributed by atoms with Gasteiger partial charge in [-0.05, 0) is 85.5 Å². The van der Waals surface area contributed by atoms with Crippen LogP contribution >= 0.6 is 0 Å². The number of carbonyl (C=O) groups excluding carboxylic acids is 1. The van der Waals surface area contributed by atoms with Crippen LogP contribution in [0.5, 0.6) is 11.6 Å². The molecule has 2 aromatic carbocycles. The summed E-state index contributed by atoms with van der Waals surface area (Å²) in [5, 5.41) is 9.82. The fourth-order valence-corrected chi connectivity index (χ4v) is 5.71. The number of nitrogens with zero attached hydrogens (tertiary/aromatic N) is 1. The molecule has 0 aliphatic heterocycles. The van der Waals surface area contributed by atoms with Crippen LogP contribution in [0.25, 0.3) is 11.1 Å². The second-order valence-electron chi connectivity index (χ2n) is 11.5. The van der Waals surface area contributed by atoms with Crippen molar-refractivity contribution in [2.75, 3.05) is 6.61 Å². The second-order valence-corrected chi connectivity index (χ2v) is 11.5. The molecule has 1 saturated carbocycles. The number of ketones is 1. The molecule has 0 saturated heterocycles. The average Bonchev–Trinajstić information content (AvgIpc) is 3.49. The van der Waals surface area contributed by atoms with E-state index in [1.807, 2.05) is 0 Å². The zero-order valence-corrected chi connectivity index (χ0v) is 23.1. The van der Waals surface area contributed by atoms with Crippen LogP contribution in [0.3, 0.4) is 0 Å². The lowest BCUT2D eigenvalue weighted by Crippen LogP contribution is -2.21. The predicted molar refractivity (Wildman–Crippen MR) is 141 cm³/mol. The highest BCUT2D eigenvalue weighted by atomic mass is 19.4. The molecule has 11 heteroatoms. The molecule has 224 valence electrons. The third-order valence-electron chi connectivity index (χ3n) is 7.85. The minimum atomic E-state index is -5.03. The normalized spacial score (nSPS) is 19.5. The van der Waals surface area contributed by atoms with Gasteiger partial charge in [-0.25, -0.2) is 18.2 Å². The molecule has 1 aromatic heterocycles. The molecule has 0 spiro atoms. The third kappa shape index (κ3) is 6.11. The number of hydrogen-bond acceptors (Lipinski definition) is 5. The van der Waals surface area contributed by atoms with Crippen molar-refractivity contribution in [3.63, 3.8) is 0 Å². The number of pyridine rings is 1. The number of Topliss-reactive ketones (excluding diaryl/α,β-unsaturated/α-hetero) is 1. The van der Waals surface area contributed by atoms with Gasteiger partial charge in [-0.15, -0.1) is 0 Å². The highest BCUT2D eigenvalue weighted by Gasteiger charge is 2.58. The van der Waals surface area contributed by atoms with Gasteiger partial charge in [0, 0.05) is 35.7 Å². The van der Waals surface area contributed by atoms with Crippen molar-refractivity contribution in [3.05, 3.63) is 76.2 Å². The van der Waals surface area contributed by atoms with Gasteiger partial charge >= 0.3 is 6.18 Å². The first-order chi connectivity index (χ1) is 19.6. The Morgan fingerprint density at radius 2 is 1.83 bits per heavy atom. The van der Waals surface area contributed by atoms with E-state index in [1.54, 1.807) is 33.0 Å². The van der Waals surface area contributed by atoms with Gasteiger partial charge in [-0.1, -0.05) is 6.07 Å². The van der Waals surface area contributed by atoms with Gasteiger partial charge in [0.25, 0.3) is 6.43 Å². The van der Waals surface area contributed by atoms with Gasteiger partial charge in [-0.2, -0.15) is 13.2 Å². The molecule has 5 rings (SSSR count). The molecule has 5 nitrogen and oxygen atoms in total. The molecule has 2 aliphatic rings. The summed E-state index contributed by atoms with van der Waals surface area (Å²) in [7, 11) is 0. The monoisotopic (exact) mass is 593 g/mol. The number of aromatic nitrogens is 1. The van der Waals surface area contributed by atoms with Crippen molar-refractivity contribution < 1.29 is 45.7 Å². The first-order valence-electron chi connectivity index (χ1n) is 13.4. The number of ether oxygens (including phenoxy) is 2. The van der Waals surface area contributed by atoms with Gasteiger partial charge in [0.05, 0.1) is 17.8 Å². The number of alkyl halides is 5. The van der Waals surface area contributed by atoms with Crippen molar-refractivity contribution in [1.29, 1.82) is 0 Å². The molecule has 0 amide bonds. The lowest BCUT2D eigenvalue weighted by molar-refractivity contribution is -0.137. The Morgan fingerprint density at radius 1 is 1.10 bits per heavy atom. The van der Waals surface area contributed by atoms with Gasteiger partial charge in [0.1, 0.15) is 24.0 Å². The zero-order chi connectivity index (χ0) is 30.6. The fraction of sp³-hybridized carbons (Fsp3) is 0.419. The summed E-state index contributed by atoms with van der Waals surface area (Å²) >= 11 is 0. The summed E-state index contributed by atoms with van der Waals surface area (Å²) in [5.74, 6) is -0.584. The third-order valence-corrected chi connectivity index (χ3v) is 7.85. The number of hydrogen-bond donors (Lipinski definition) is 1. The predicted octanol–water partition coefficient (Wildman–Crippen LogP) is 7.44. The summed E-state index contributed by atoms with van der Waals surface area (Å²) in [5.41, 5.74) is -2.60. The maximum absolute atomic E-state index is 14.9. The van der Waals surface area contributed by atoms with Crippen molar-refractivity contribution in [2.45, 2.75) is 64.3 Å². The summed E-state index contributed by atoms with van der Waals surface area (Å²) in [6, 6.07) is 6.10. The standard InChI is InChI=1S/C31H29F6NO4/c1-15(39)27-22-8-16-10-26(38-13-23(16)28(22)27)42-14-17-9-20(24(12-25(17)32)31(35,36)37)19-5-4-18(11-21(19)29(33)34)41-7-6-30(2,3)40/h4-5,9-13,22,27-29,40H,6-8,14H2,1-3H3/t22-,27-,28+/m0/s1. The van der Waals surface area contributed by atoms with Crippen LogP contribution in [0.1, 0.15) is 67.4 Å². The van der Waals surface area contributed by atoms with Gasteiger partial charge in [0.15, 0.2) is 0 Å². The van der Waals surface area contributed by atoms with E-state index in [1.165, 1.54) is 6.07 Å². The van der Waals surface area contributed by atoms with E-state index >= 15 is 0 Å². The highest BCUT2D eigenvalue weighted by molar-refractivity contribution is 5.84. The molecular formula is C31H29F6NO4. The maximum atomic E-state index is 14.9. The van der Waals surface area contributed by atoms with E-state index in [4.69, 9.17) is 9.47 Å². The van der Waals surface area contributed by atoms with Crippen molar-refractivity contribution >= 4 is 5.78 Å². The Balaban J connectivity index is 1.42. The molecule has 1 fully saturated rings. The molecule has 3 atom stereocenters. The lowest BCUT2D eigenvalue weighted by atomic mass is 9.93. The molecule has 1 heterocycles. The first kappa shape index (κ1) is 29.9. The topological polar surface area (TPSA) is 68.7 Å². The number of carbonyl (C=O) groups is 1. The quantitative estimate of drug-likeness (QED) is 0.248. The van der Waals surface area contributed by atoms with E-state index in [0.717, 1.165) is 29.3 Å². The fourth-order valence-electron chi connectivity index (χ4n) is 5.71. The number of benzene rings is 2. The Hall–Kier alpha value is -3.60. The summed E-state index contributed by atoms with van der Waals surface area (Å²) in [6.45, 7) is 4.16. The summed E-state index contributed by atoms with van der Waals surface area (Å²) in [6.07, 6.45) is -5.72. The molecule has 42 heavy (non-hydrogen) atoms. The van der Waals surface area contributed by atoms with E-state index in [-0.39, 0.29) is 59.8 Å². The largest absolute Gasteiger partial charge is 0.493 e.